The van der Waals surface area contributed by atoms with Crippen molar-refractivity contribution in [1.82, 2.24) is 10.2 Å². The maximum Gasteiger partial charge on any atom is 0.163 e. The highest BCUT2D eigenvalue weighted by Crippen LogP contribution is 2.29. The standard InChI is InChI=1S/C15H22N4/c1-11(2)12-4-3-5-13(7-6-12)17-15-9-8-14(10-16)18-19-15/h8-9,11-13H,3-7H2,1-2H3,(H,17,19). The molecule has 0 aliphatic heterocycles. The van der Waals surface area contributed by atoms with Crippen LogP contribution in [0.5, 0.6) is 0 Å². The molecule has 0 bridgehead atoms. The van der Waals surface area contributed by atoms with Crippen LogP contribution in [0.2, 0.25) is 0 Å². The SMILES string of the molecule is CC(C)C1CCCC(Nc2ccc(C#N)nn2)CC1. The summed E-state index contributed by atoms with van der Waals surface area (Å²) >= 11 is 0. The zero-order valence-corrected chi connectivity index (χ0v) is 11.8. The molecule has 0 amide bonds. The lowest BCUT2D eigenvalue weighted by molar-refractivity contribution is 0.341. The molecule has 4 heteroatoms. The monoisotopic (exact) mass is 258 g/mol. The second kappa shape index (κ2) is 6.51. The van der Waals surface area contributed by atoms with Gasteiger partial charge in [-0.2, -0.15) is 5.26 Å². The van der Waals surface area contributed by atoms with Crippen LogP contribution in [-0.2, 0) is 0 Å². The van der Waals surface area contributed by atoms with Crippen molar-refractivity contribution in [2.75, 3.05) is 5.32 Å². The molecule has 2 atom stereocenters. The zero-order valence-electron chi connectivity index (χ0n) is 11.8. The van der Waals surface area contributed by atoms with Crippen LogP contribution >= 0.6 is 0 Å². The lowest BCUT2D eigenvalue weighted by atomic mass is 9.89. The lowest BCUT2D eigenvalue weighted by Crippen LogP contribution is -2.19. The molecule has 2 rings (SSSR count). The first-order valence-electron chi connectivity index (χ1n) is 7.19. The second-order valence-corrected chi connectivity index (χ2v) is 5.77. The van der Waals surface area contributed by atoms with Crippen molar-refractivity contribution in [2.24, 2.45) is 11.8 Å². The number of rotatable bonds is 3. The van der Waals surface area contributed by atoms with Gasteiger partial charge in [0.25, 0.3) is 0 Å². The van der Waals surface area contributed by atoms with E-state index >= 15 is 0 Å². The summed E-state index contributed by atoms with van der Waals surface area (Å²) in [7, 11) is 0. The Bertz CT molecular complexity index is 432. The number of nitrogens with zero attached hydrogens (tertiary/aromatic N) is 3. The largest absolute Gasteiger partial charge is 0.366 e. The van der Waals surface area contributed by atoms with E-state index in [0.29, 0.717) is 11.7 Å². The highest BCUT2D eigenvalue weighted by Gasteiger charge is 2.21. The normalized spacial score (nSPS) is 23.7. The van der Waals surface area contributed by atoms with Gasteiger partial charge in [0.2, 0.25) is 0 Å². The molecule has 1 aliphatic rings. The van der Waals surface area contributed by atoms with Crippen LogP contribution in [0.3, 0.4) is 0 Å². The minimum absolute atomic E-state index is 0.367. The summed E-state index contributed by atoms with van der Waals surface area (Å²) in [6, 6.07) is 6.03. The topological polar surface area (TPSA) is 61.6 Å². The van der Waals surface area contributed by atoms with Crippen LogP contribution in [0.1, 0.15) is 51.6 Å². The van der Waals surface area contributed by atoms with Crippen LogP contribution in [-0.4, -0.2) is 16.2 Å². The molecule has 2 unspecified atom stereocenters. The van der Waals surface area contributed by atoms with Gasteiger partial charge in [0.15, 0.2) is 5.69 Å². The fourth-order valence-corrected chi connectivity index (χ4v) is 2.82. The minimum Gasteiger partial charge on any atom is -0.366 e. The molecular weight excluding hydrogens is 236 g/mol. The van der Waals surface area contributed by atoms with E-state index in [9.17, 15) is 0 Å². The Balaban J connectivity index is 1.90. The fourth-order valence-electron chi connectivity index (χ4n) is 2.82. The molecule has 0 saturated heterocycles. The van der Waals surface area contributed by atoms with E-state index in [1.807, 2.05) is 12.1 Å². The van der Waals surface area contributed by atoms with E-state index in [4.69, 9.17) is 5.26 Å². The summed E-state index contributed by atoms with van der Waals surface area (Å²) in [5, 5.41) is 20.0. The van der Waals surface area contributed by atoms with Gasteiger partial charge in [-0.3, -0.25) is 0 Å². The van der Waals surface area contributed by atoms with Crippen molar-refractivity contribution < 1.29 is 0 Å². The van der Waals surface area contributed by atoms with Crippen molar-refractivity contribution in [3.05, 3.63) is 17.8 Å². The Labute approximate surface area is 115 Å². The van der Waals surface area contributed by atoms with Gasteiger partial charge in [-0.15, -0.1) is 10.2 Å². The quantitative estimate of drug-likeness (QED) is 0.844. The third-order valence-corrected chi connectivity index (χ3v) is 4.09. The fraction of sp³-hybridized carbons (Fsp3) is 0.667. The Kier molecular flexibility index (Phi) is 4.73. The van der Waals surface area contributed by atoms with E-state index < -0.39 is 0 Å². The molecule has 1 saturated carbocycles. The van der Waals surface area contributed by atoms with Crippen LogP contribution in [0.15, 0.2) is 12.1 Å². The van der Waals surface area contributed by atoms with Gasteiger partial charge >= 0.3 is 0 Å². The van der Waals surface area contributed by atoms with E-state index in [1.54, 1.807) is 6.07 Å². The van der Waals surface area contributed by atoms with Crippen molar-refractivity contribution in [3.8, 4) is 6.07 Å². The average molecular weight is 258 g/mol. The van der Waals surface area contributed by atoms with Crippen LogP contribution in [0, 0.1) is 23.2 Å². The maximum absolute atomic E-state index is 8.70. The van der Waals surface area contributed by atoms with E-state index in [-0.39, 0.29) is 0 Å². The van der Waals surface area contributed by atoms with E-state index in [2.05, 4.69) is 29.4 Å². The minimum atomic E-state index is 0.367. The number of anilines is 1. The third kappa shape index (κ3) is 3.92. The summed E-state index contributed by atoms with van der Waals surface area (Å²) in [5.74, 6) is 2.43. The molecule has 1 N–H and O–H groups in total. The molecule has 1 aromatic rings. The predicted octanol–water partition coefficient (Wildman–Crippen LogP) is 3.37. The van der Waals surface area contributed by atoms with Gasteiger partial charge in [0, 0.05) is 6.04 Å². The first-order chi connectivity index (χ1) is 9.19. The second-order valence-electron chi connectivity index (χ2n) is 5.77. The zero-order chi connectivity index (χ0) is 13.7. The summed E-state index contributed by atoms with van der Waals surface area (Å²) in [5.41, 5.74) is 0.367. The Morgan fingerprint density at radius 1 is 1.21 bits per heavy atom. The molecule has 0 spiro atoms. The van der Waals surface area contributed by atoms with E-state index in [0.717, 1.165) is 17.7 Å². The van der Waals surface area contributed by atoms with Crippen LogP contribution in [0.25, 0.3) is 0 Å². The van der Waals surface area contributed by atoms with Crippen molar-refractivity contribution in [3.63, 3.8) is 0 Å². The number of hydrogen-bond acceptors (Lipinski definition) is 4. The molecule has 1 aliphatic carbocycles. The van der Waals surface area contributed by atoms with Gasteiger partial charge in [0.1, 0.15) is 11.9 Å². The van der Waals surface area contributed by atoms with E-state index in [1.165, 1.54) is 32.1 Å². The van der Waals surface area contributed by atoms with Gasteiger partial charge in [-0.25, -0.2) is 0 Å². The molecular formula is C15H22N4. The summed E-state index contributed by atoms with van der Waals surface area (Å²) < 4.78 is 0. The van der Waals surface area contributed by atoms with Crippen molar-refractivity contribution in [2.45, 2.75) is 52.0 Å². The highest BCUT2D eigenvalue weighted by atomic mass is 15.2. The molecule has 1 aromatic heterocycles. The van der Waals surface area contributed by atoms with Gasteiger partial charge < -0.3 is 5.32 Å². The van der Waals surface area contributed by atoms with Crippen LogP contribution in [0.4, 0.5) is 5.82 Å². The molecule has 0 radical (unpaired) electrons. The Morgan fingerprint density at radius 3 is 2.68 bits per heavy atom. The Morgan fingerprint density at radius 2 is 2.05 bits per heavy atom. The van der Waals surface area contributed by atoms with Gasteiger partial charge in [0.05, 0.1) is 0 Å². The molecule has 4 nitrogen and oxygen atoms in total. The first-order valence-corrected chi connectivity index (χ1v) is 7.19. The molecule has 19 heavy (non-hydrogen) atoms. The molecule has 0 aromatic carbocycles. The number of aromatic nitrogens is 2. The summed E-state index contributed by atoms with van der Waals surface area (Å²) in [4.78, 5) is 0. The molecule has 1 fully saturated rings. The highest BCUT2D eigenvalue weighted by molar-refractivity contribution is 5.36. The summed E-state index contributed by atoms with van der Waals surface area (Å²) in [6.07, 6.45) is 6.31. The third-order valence-electron chi connectivity index (χ3n) is 4.09. The Hall–Kier alpha value is -1.63. The lowest BCUT2D eigenvalue weighted by Gasteiger charge is -2.19. The van der Waals surface area contributed by atoms with Crippen LogP contribution < -0.4 is 5.32 Å². The summed E-state index contributed by atoms with van der Waals surface area (Å²) in [6.45, 7) is 4.65. The van der Waals surface area contributed by atoms with Gasteiger partial charge in [-0.05, 0) is 43.2 Å². The number of nitrogens with one attached hydrogen (secondary N) is 1. The molecule has 102 valence electrons. The van der Waals surface area contributed by atoms with Crippen molar-refractivity contribution >= 4 is 5.82 Å². The number of nitriles is 1. The predicted molar refractivity (Wildman–Crippen MR) is 75.6 cm³/mol. The average Bonchev–Trinajstić information content (AvgIpc) is 2.65. The van der Waals surface area contributed by atoms with Gasteiger partial charge in [-0.1, -0.05) is 26.7 Å². The van der Waals surface area contributed by atoms with Crippen molar-refractivity contribution in [1.29, 1.82) is 5.26 Å². The first kappa shape index (κ1) is 13.8. The smallest absolute Gasteiger partial charge is 0.163 e. The maximum atomic E-state index is 8.70. The number of hydrogen-bond donors (Lipinski definition) is 1. The molecule has 1 heterocycles.